The van der Waals surface area contributed by atoms with Crippen LogP contribution in [0.4, 0.5) is 0 Å². The third kappa shape index (κ3) is 17.8. The van der Waals surface area contributed by atoms with E-state index in [4.69, 9.17) is 24.7 Å². The van der Waals surface area contributed by atoms with Crippen molar-refractivity contribution in [2.24, 2.45) is 11.7 Å². The summed E-state index contributed by atoms with van der Waals surface area (Å²) < 4.78 is 23.9. The molecule has 4 unspecified atom stereocenters. The Morgan fingerprint density at radius 2 is 1.47 bits per heavy atom. The Labute approximate surface area is 197 Å². The summed E-state index contributed by atoms with van der Waals surface area (Å²) in [5, 5.41) is 2.64. The first-order valence-corrected chi connectivity index (χ1v) is 12.5. The summed E-state index contributed by atoms with van der Waals surface area (Å²) in [7, 11) is 1.66. The second kappa shape index (κ2) is 18.7. The number of nitrogens with two attached hydrogens (primary N) is 1. The van der Waals surface area contributed by atoms with E-state index in [2.05, 4.69) is 33.0 Å². The molecule has 0 fully saturated rings. The molecule has 0 spiro atoms. The third-order valence-electron chi connectivity index (χ3n) is 5.79. The van der Waals surface area contributed by atoms with Crippen LogP contribution < -0.4 is 11.1 Å². The molecule has 0 heterocycles. The number of nitrogens with one attached hydrogen (secondary N) is 1. The molecule has 7 nitrogen and oxygen atoms in total. The van der Waals surface area contributed by atoms with Gasteiger partial charge in [0, 0.05) is 26.7 Å². The second-order valence-corrected chi connectivity index (χ2v) is 9.56. The summed E-state index contributed by atoms with van der Waals surface area (Å²) in [5.41, 5.74) is 5.44. The van der Waals surface area contributed by atoms with Crippen molar-refractivity contribution >= 4 is 5.91 Å². The van der Waals surface area contributed by atoms with Crippen LogP contribution in [-0.4, -0.2) is 69.8 Å². The molecule has 1 amide bonds. The van der Waals surface area contributed by atoms with Crippen LogP contribution in [0.25, 0.3) is 0 Å². The fourth-order valence-electron chi connectivity index (χ4n) is 3.26. The molecule has 0 aliphatic rings. The van der Waals surface area contributed by atoms with Gasteiger partial charge in [0.05, 0.1) is 37.1 Å². The molecule has 192 valence electrons. The van der Waals surface area contributed by atoms with Gasteiger partial charge in [0.25, 0.3) is 0 Å². The molecule has 32 heavy (non-hydrogen) atoms. The Hall–Kier alpha value is -0.730. The average molecular weight is 461 g/mol. The van der Waals surface area contributed by atoms with Crippen LogP contribution in [-0.2, 0) is 23.7 Å². The second-order valence-electron chi connectivity index (χ2n) is 9.56. The van der Waals surface area contributed by atoms with Gasteiger partial charge in [-0.15, -0.1) is 0 Å². The van der Waals surface area contributed by atoms with E-state index in [0.29, 0.717) is 38.7 Å². The Morgan fingerprint density at radius 3 is 2.00 bits per heavy atom. The van der Waals surface area contributed by atoms with Crippen LogP contribution in [0.2, 0.25) is 0 Å². The zero-order chi connectivity index (χ0) is 24.4. The first kappa shape index (κ1) is 31.3. The standard InChI is InChI=1S/C25H52N2O5/c1-20(2)29-17-18-32-25(6,14-11-23(5)31-16-12-21(3)19-26)13-10-22(4)30-15-8-9-24(28)27-7/h20-23H,8-19,26H2,1-7H3,(H,27,28). The maximum Gasteiger partial charge on any atom is 0.219 e. The molecule has 0 rings (SSSR count). The number of ether oxygens (including phenoxy) is 4. The molecule has 0 saturated carbocycles. The predicted molar refractivity (Wildman–Crippen MR) is 131 cm³/mol. The van der Waals surface area contributed by atoms with E-state index in [1.165, 1.54) is 0 Å². The Kier molecular flexibility index (Phi) is 18.2. The lowest BCUT2D eigenvalue weighted by Gasteiger charge is -2.32. The van der Waals surface area contributed by atoms with Gasteiger partial charge in [0.1, 0.15) is 0 Å². The van der Waals surface area contributed by atoms with Crippen molar-refractivity contribution in [2.75, 3.05) is 40.0 Å². The highest BCUT2D eigenvalue weighted by Crippen LogP contribution is 2.27. The fourth-order valence-corrected chi connectivity index (χ4v) is 3.26. The van der Waals surface area contributed by atoms with Crippen LogP contribution in [0.5, 0.6) is 0 Å². The lowest BCUT2D eigenvalue weighted by molar-refractivity contribution is -0.121. The molecule has 0 aromatic heterocycles. The number of hydrogen-bond acceptors (Lipinski definition) is 6. The molecule has 0 aliphatic carbocycles. The number of hydrogen-bond donors (Lipinski definition) is 2. The van der Waals surface area contributed by atoms with Gasteiger partial charge in [0.2, 0.25) is 5.91 Å². The largest absolute Gasteiger partial charge is 0.378 e. The van der Waals surface area contributed by atoms with Crippen LogP contribution >= 0.6 is 0 Å². The quantitative estimate of drug-likeness (QED) is 0.251. The lowest BCUT2D eigenvalue weighted by atomic mass is 9.91. The first-order valence-electron chi connectivity index (χ1n) is 12.5. The summed E-state index contributed by atoms with van der Waals surface area (Å²) in [4.78, 5) is 11.3. The highest BCUT2D eigenvalue weighted by molar-refractivity contribution is 5.75. The van der Waals surface area contributed by atoms with Gasteiger partial charge in [-0.25, -0.2) is 0 Å². The SMILES string of the molecule is CNC(=O)CCCOC(C)CCC(C)(CCC(C)OCCC(C)CN)OCCOC(C)C. The summed E-state index contributed by atoms with van der Waals surface area (Å²) in [6.07, 6.45) is 6.43. The molecule has 4 atom stereocenters. The first-order chi connectivity index (χ1) is 15.1. The van der Waals surface area contributed by atoms with Crippen molar-refractivity contribution in [2.45, 2.75) is 110 Å². The Balaban J connectivity index is 4.48. The number of rotatable bonds is 21. The topological polar surface area (TPSA) is 92.0 Å². The van der Waals surface area contributed by atoms with Crippen LogP contribution in [0.3, 0.4) is 0 Å². The van der Waals surface area contributed by atoms with E-state index in [-0.39, 0.29) is 29.8 Å². The molecule has 0 aliphatic heterocycles. The van der Waals surface area contributed by atoms with Crippen LogP contribution in [0.15, 0.2) is 0 Å². The van der Waals surface area contributed by atoms with E-state index < -0.39 is 0 Å². The Bertz CT molecular complexity index is 464. The van der Waals surface area contributed by atoms with Crippen molar-refractivity contribution < 1.29 is 23.7 Å². The molecule has 3 N–H and O–H groups in total. The number of amides is 1. The monoisotopic (exact) mass is 460 g/mol. The van der Waals surface area contributed by atoms with Crippen molar-refractivity contribution in [3.8, 4) is 0 Å². The summed E-state index contributed by atoms with van der Waals surface area (Å²) >= 11 is 0. The smallest absolute Gasteiger partial charge is 0.219 e. The van der Waals surface area contributed by atoms with Gasteiger partial charge >= 0.3 is 0 Å². The van der Waals surface area contributed by atoms with Crippen molar-refractivity contribution in [3.05, 3.63) is 0 Å². The maximum absolute atomic E-state index is 11.3. The van der Waals surface area contributed by atoms with Gasteiger partial charge in [-0.05, 0) is 85.6 Å². The highest BCUT2D eigenvalue weighted by Gasteiger charge is 2.27. The zero-order valence-corrected chi connectivity index (χ0v) is 21.9. The lowest BCUT2D eigenvalue weighted by Crippen LogP contribution is -2.33. The molecule has 0 aromatic rings. The normalized spacial score (nSPS) is 16.5. The van der Waals surface area contributed by atoms with Crippen LogP contribution in [0.1, 0.15) is 86.5 Å². The van der Waals surface area contributed by atoms with E-state index in [1.807, 2.05) is 13.8 Å². The van der Waals surface area contributed by atoms with E-state index in [9.17, 15) is 4.79 Å². The van der Waals surface area contributed by atoms with Gasteiger partial charge in [0.15, 0.2) is 0 Å². The fraction of sp³-hybridized carbons (Fsp3) is 0.960. The molecule has 0 bridgehead atoms. The average Bonchev–Trinajstić information content (AvgIpc) is 2.76. The Morgan fingerprint density at radius 1 is 0.875 bits per heavy atom. The van der Waals surface area contributed by atoms with Crippen molar-refractivity contribution in [1.29, 1.82) is 0 Å². The van der Waals surface area contributed by atoms with Gasteiger partial charge in [-0.3, -0.25) is 4.79 Å². The third-order valence-corrected chi connectivity index (χ3v) is 5.79. The molecule has 0 radical (unpaired) electrons. The maximum atomic E-state index is 11.3. The van der Waals surface area contributed by atoms with Gasteiger partial charge in [-0.1, -0.05) is 6.92 Å². The summed E-state index contributed by atoms with van der Waals surface area (Å²) in [6.45, 7) is 15.9. The van der Waals surface area contributed by atoms with Gasteiger partial charge < -0.3 is 30.0 Å². The van der Waals surface area contributed by atoms with Crippen molar-refractivity contribution in [1.82, 2.24) is 5.32 Å². The van der Waals surface area contributed by atoms with Crippen molar-refractivity contribution in [3.63, 3.8) is 0 Å². The van der Waals surface area contributed by atoms with Crippen LogP contribution in [0, 0.1) is 5.92 Å². The molecule has 0 saturated heterocycles. The molecular formula is C25H52N2O5. The minimum absolute atomic E-state index is 0.0552. The van der Waals surface area contributed by atoms with E-state index in [0.717, 1.165) is 45.1 Å². The molecule has 7 heteroatoms. The highest BCUT2D eigenvalue weighted by atomic mass is 16.5. The number of carbonyl (C=O) groups is 1. The zero-order valence-electron chi connectivity index (χ0n) is 21.9. The summed E-state index contributed by atoms with van der Waals surface area (Å²) in [6, 6.07) is 0. The van der Waals surface area contributed by atoms with E-state index >= 15 is 0 Å². The van der Waals surface area contributed by atoms with Gasteiger partial charge in [-0.2, -0.15) is 0 Å². The minimum atomic E-state index is -0.248. The predicted octanol–water partition coefficient (Wildman–Crippen LogP) is 4.07. The molecule has 0 aromatic carbocycles. The summed E-state index contributed by atoms with van der Waals surface area (Å²) in [5.74, 6) is 0.550. The van der Waals surface area contributed by atoms with E-state index in [1.54, 1.807) is 7.05 Å². The number of carbonyl (C=O) groups excluding carboxylic acids is 1. The minimum Gasteiger partial charge on any atom is -0.378 e. The molecular weight excluding hydrogens is 408 g/mol.